The summed E-state index contributed by atoms with van der Waals surface area (Å²) in [4.78, 5) is 23.0. The molecule has 1 aliphatic carbocycles. The van der Waals surface area contributed by atoms with E-state index in [1.54, 1.807) is 0 Å². The van der Waals surface area contributed by atoms with Crippen molar-refractivity contribution in [3.05, 3.63) is 59.5 Å². The predicted octanol–water partition coefficient (Wildman–Crippen LogP) is 2.79. The van der Waals surface area contributed by atoms with Crippen molar-refractivity contribution in [2.45, 2.75) is 24.8 Å². The van der Waals surface area contributed by atoms with Crippen molar-refractivity contribution in [2.24, 2.45) is 0 Å². The smallest absolute Gasteiger partial charge is 0.371 e. The second-order valence-corrected chi connectivity index (χ2v) is 5.22. The van der Waals surface area contributed by atoms with E-state index in [4.69, 9.17) is 9.52 Å². The van der Waals surface area contributed by atoms with Gasteiger partial charge >= 0.3 is 5.97 Å². The molecule has 0 bridgehead atoms. The van der Waals surface area contributed by atoms with Gasteiger partial charge in [-0.2, -0.15) is 0 Å². The van der Waals surface area contributed by atoms with Crippen LogP contribution in [-0.4, -0.2) is 17.0 Å². The number of aromatic carboxylic acids is 1. The number of furan rings is 1. The van der Waals surface area contributed by atoms with Crippen molar-refractivity contribution in [1.82, 2.24) is 5.32 Å². The second-order valence-electron chi connectivity index (χ2n) is 5.22. The van der Waals surface area contributed by atoms with Crippen LogP contribution >= 0.6 is 0 Å². The molecule has 1 saturated carbocycles. The zero-order valence-corrected chi connectivity index (χ0v) is 11.3. The molecule has 21 heavy (non-hydrogen) atoms. The van der Waals surface area contributed by atoms with E-state index < -0.39 is 5.97 Å². The molecule has 1 fully saturated rings. The molecule has 0 unspecified atom stereocenters. The summed E-state index contributed by atoms with van der Waals surface area (Å²) in [5.74, 6) is -1.78. The maximum absolute atomic E-state index is 12.3. The third-order valence-electron chi connectivity index (χ3n) is 3.93. The van der Waals surface area contributed by atoms with Crippen LogP contribution < -0.4 is 5.32 Å². The molecule has 1 aromatic heterocycles. The molecule has 3 rings (SSSR count). The summed E-state index contributed by atoms with van der Waals surface area (Å²) in [5, 5.41) is 11.8. The minimum atomic E-state index is -1.18. The van der Waals surface area contributed by atoms with E-state index in [1.807, 2.05) is 30.3 Å². The molecule has 1 heterocycles. The highest BCUT2D eigenvalue weighted by atomic mass is 16.4. The van der Waals surface area contributed by atoms with Crippen molar-refractivity contribution in [3.63, 3.8) is 0 Å². The SMILES string of the molecule is O=C(O)c1ccc(C(=O)NC2(c3ccccc3)CCC2)o1. The van der Waals surface area contributed by atoms with Gasteiger partial charge in [0.15, 0.2) is 5.76 Å². The Balaban J connectivity index is 1.81. The zero-order valence-electron chi connectivity index (χ0n) is 11.3. The summed E-state index contributed by atoms with van der Waals surface area (Å²) in [5.41, 5.74) is 0.698. The quantitative estimate of drug-likeness (QED) is 0.905. The third-order valence-corrected chi connectivity index (χ3v) is 3.93. The molecular formula is C16H15NO4. The summed E-state index contributed by atoms with van der Waals surface area (Å²) in [7, 11) is 0. The normalized spacial score (nSPS) is 16.0. The van der Waals surface area contributed by atoms with Gasteiger partial charge in [-0.1, -0.05) is 30.3 Å². The van der Waals surface area contributed by atoms with Crippen molar-refractivity contribution >= 4 is 11.9 Å². The van der Waals surface area contributed by atoms with E-state index in [-0.39, 0.29) is 23.0 Å². The first-order valence-electron chi connectivity index (χ1n) is 6.82. The standard InChI is InChI=1S/C16H15NO4/c18-14(12-7-8-13(21-12)15(19)20)17-16(9-4-10-16)11-5-2-1-3-6-11/h1-3,5-8H,4,9-10H2,(H,17,18)(H,19,20). The number of carboxylic acids is 1. The fraction of sp³-hybridized carbons (Fsp3) is 0.250. The number of carboxylic acid groups (broad SMARTS) is 1. The lowest BCUT2D eigenvalue weighted by atomic mass is 9.71. The molecule has 108 valence electrons. The average molecular weight is 285 g/mol. The van der Waals surface area contributed by atoms with Crippen LogP contribution in [0.1, 0.15) is 45.9 Å². The van der Waals surface area contributed by atoms with Crippen LogP contribution in [0.15, 0.2) is 46.9 Å². The van der Waals surface area contributed by atoms with Crippen LogP contribution in [0.25, 0.3) is 0 Å². The van der Waals surface area contributed by atoms with Crippen LogP contribution in [0.5, 0.6) is 0 Å². The molecule has 0 saturated heterocycles. The fourth-order valence-electron chi connectivity index (χ4n) is 2.63. The van der Waals surface area contributed by atoms with Gasteiger partial charge in [0.2, 0.25) is 5.76 Å². The number of benzene rings is 1. The van der Waals surface area contributed by atoms with Crippen LogP contribution in [0.2, 0.25) is 0 Å². The average Bonchev–Trinajstić information content (AvgIpc) is 2.93. The van der Waals surface area contributed by atoms with Gasteiger partial charge in [-0.3, -0.25) is 4.79 Å². The maximum atomic E-state index is 12.3. The van der Waals surface area contributed by atoms with Gasteiger partial charge in [-0.15, -0.1) is 0 Å². The van der Waals surface area contributed by atoms with Crippen LogP contribution in [0.4, 0.5) is 0 Å². The molecule has 5 heteroatoms. The molecule has 0 spiro atoms. The van der Waals surface area contributed by atoms with Crippen molar-refractivity contribution in [1.29, 1.82) is 0 Å². The maximum Gasteiger partial charge on any atom is 0.371 e. The lowest BCUT2D eigenvalue weighted by Gasteiger charge is -2.42. The van der Waals surface area contributed by atoms with Crippen molar-refractivity contribution < 1.29 is 19.1 Å². The van der Waals surface area contributed by atoms with Gasteiger partial charge < -0.3 is 14.8 Å². The number of rotatable bonds is 4. The zero-order chi connectivity index (χ0) is 14.9. The topological polar surface area (TPSA) is 79.5 Å². The van der Waals surface area contributed by atoms with E-state index in [2.05, 4.69) is 5.32 Å². The number of carbonyl (C=O) groups is 2. The Bertz CT molecular complexity index is 671. The largest absolute Gasteiger partial charge is 0.475 e. The second kappa shape index (κ2) is 5.09. The van der Waals surface area contributed by atoms with E-state index in [9.17, 15) is 9.59 Å². The fourth-order valence-corrected chi connectivity index (χ4v) is 2.63. The van der Waals surface area contributed by atoms with Crippen molar-refractivity contribution in [2.75, 3.05) is 0 Å². The Morgan fingerprint density at radius 1 is 1.05 bits per heavy atom. The summed E-state index contributed by atoms with van der Waals surface area (Å²) in [6, 6.07) is 12.5. The van der Waals surface area contributed by atoms with E-state index in [0.717, 1.165) is 24.8 Å². The molecule has 1 amide bonds. The minimum Gasteiger partial charge on any atom is -0.475 e. The summed E-state index contributed by atoms with van der Waals surface area (Å²) in [6.07, 6.45) is 2.79. The van der Waals surface area contributed by atoms with Gasteiger partial charge in [0, 0.05) is 0 Å². The van der Waals surface area contributed by atoms with E-state index in [0.29, 0.717) is 0 Å². The Morgan fingerprint density at radius 2 is 1.71 bits per heavy atom. The predicted molar refractivity (Wildman–Crippen MR) is 75.1 cm³/mol. The van der Waals surface area contributed by atoms with Crippen molar-refractivity contribution in [3.8, 4) is 0 Å². The Labute approximate surface area is 121 Å². The van der Waals surface area contributed by atoms with Crippen LogP contribution in [-0.2, 0) is 5.54 Å². The van der Waals surface area contributed by atoms with Gasteiger partial charge in [0.05, 0.1) is 5.54 Å². The highest BCUT2D eigenvalue weighted by Gasteiger charge is 2.40. The van der Waals surface area contributed by atoms with Crippen LogP contribution in [0.3, 0.4) is 0 Å². The lowest BCUT2D eigenvalue weighted by molar-refractivity contribution is 0.0656. The first kappa shape index (κ1) is 13.4. The number of carbonyl (C=O) groups excluding carboxylic acids is 1. The van der Waals surface area contributed by atoms with E-state index in [1.165, 1.54) is 12.1 Å². The summed E-state index contributed by atoms with van der Waals surface area (Å²) < 4.78 is 5.05. The Kier molecular flexibility index (Phi) is 3.25. The first-order valence-corrected chi connectivity index (χ1v) is 6.82. The Morgan fingerprint density at radius 3 is 2.24 bits per heavy atom. The first-order chi connectivity index (χ1) is 10.1. The molecule has 1 aliphatic rings. The number of hydrogen-bond acceptors (Lipinski definition) is 3. The summed E-state index contributed by atoms with van der Waals surface area (Å²) >= 11 is 0. The van der Waals surface area contributed by atoms with E-state index >= 15 is 0 Å². The monoisotopic (exact) mass is 285 g/mol. The number of hydrogen-bond donors (Lipinski definition) is 2. The molecular weight excluding hydrogens is 270 g/mol. The molecule has 5 nitrogen and oxygen atoms in total. The highest BCUT2D eigenvalue weighted by Crippen LogP contribution is 2.41. The molecule has 0 atom stereocenters. The van der Waals surface area contributed by atoms with Gasteiger partial charge in [-0.05, 0) is 37.0 Å². The van der Waals surface area contributed by atoms with Gasteiger partial charge in [0.25, 0.3) is 5.91 Å². The highest BCUT2D eigenvalue weighted by molar-refractivity contribution is 5.94. The van der Waals surface area contributed by atoms with Crippen LogP contribution in [0, 0.1) is 0 Å². The van der Waals surface area contributed by atoms with Gasteiger partial charge in [0.1, 0.15) is 0 Å². The van der Waals surface area contributed by atoms with Gasteiger partial charge in [-0.25, -0.2) is 4.79 Å². The Hall–Kier alpha value is -2.56. The molecule has 2 aromatic rings. The molecule has 2 N–H and O–H groups in total. The molecule has 0 radical (unpaired) electrons. The third kappa shape index (κ3) is 2.42. The minimum absolute atomic E-state index is 0.0228. The molecule has 0 aliphatic heterocycles. The number of amides is 1. The number of nitrogens with one attached hydrogen (secondary N) is 1. The molecule has 1 aromatic carbocycles. The summed E-state index contributed by atoms with van der Waals surface area (Å²) in [6.45, 7) is 0. The lowest BCUT2D eigenvalue weighted by Crippen LogP contribution is -2.50.